The number of ether oxygens (including phenoxy) is 4. The lowest BCUT2D eigenvalue weighted by molar-refractivity contribution is -0.178. The summed E-state index contributed by atoms with van der Waals surface area (Å²) in [6, 6.07) is -1.22. The van der Waals surface area contributed by atoms with E-state index in [4.69, 9.17) is 24.1 Å². The highest BCUT2D eigenvalue weighted by Gasteiger charge is 2.43. The molecule has 0 spiro atoms. The van der Waals surface area contributed by atoms with Crippen LogP contribution < -0.4 is 5.32 Å². The van der Waals surface area contributed by atoms with Crippen LogP contribution in [0.3, 0.4) is 0 Å². The van der Waals surface area contributed by atoms with Gasteiger partial charge in [0.15, 0.2) is 12.3 Å². The maximum absolute atomic E-state index is 12.0. The minimum atomic E-state index is -1.41. The van der Waals surface area contributed by atoms with Gasteiger partial charge < -0.3 is 39.6 Å². The van der Waals surface area contributed by atoms with Crippen molar-refractivity contribution >= 4 is 28.0 Å². The number of alkyl carbamates (subject to hydrolysis) is 1. The molecule has 1 fully saturated rings. The first-order chi connectivity index (χ1) is 11.9. The minimum absolute atomic E-state index is 0.0509. The molecule has 1 saturated heterocycles. The summed E-state index contributed by atoms with van der Waals surface area (Å²) in [5.74, 6) is -0.776. The number of carbonyl (C=O) groups is 2. The summed E-state index contributed by atoms with van der Waals surface area (Å²) in [6.07, 6.45) is -4.56. The van der Waals surface area contributed by atoms with Crippen LogP contribution in [0.15, 0.2) is 12.7 Å². The van der Waals surface area contributed by atoms with Crippen molar-refractivity contribution in [3.05, 3.63) is 12.7 Å². The first kappa shape index (κ1) is 21.8. The number of esters is 1. The molecule has 0 aromatic carbocycles. The SMILES string of the molecule is C=CCOC(=O)N[C@@H](CO[C@@H]1O[C@@H](CO)[C@H](O)[C@H]1O)C(=O)OCCBr. The molecule has 0 unspecified atom stereocenters. The number of carbonyl (C=O) groups excluding carboxylic acids is 2. The Morgan fingerprint density at radius 1 is 1.32 bits per heavy atom. The van der Waals surface area contributed by atoms with Crippen LogP contribution in [0, 0.1) is 0 Å². The molecule has 10 nitrogen and oxygen atoms in total. The molecule has 0 aliphatic carbocycles. The van der Waals surface area contributed by atoms with E-state index in [1.807, 2.05) is 0 Å². The first-order valence-electron chi connectivity index (χ1n) is 7.45. The normalized spacial score (nSPS) is 26.7. The molecule has 5 atom stereocenters. The van der Waals surface area contributed by atoms with Crippen molar-refractivity contribution in [2.45, 2.75) is 30.6 Å². The van der Waals surface area contributed by atoms with Crippen molar-refractivity contribution in [2.75, 3.05) is 31.8 Å². The molecule has 1 heterocycles. The highest BCUT2D eigenvalue weighted by Crippen LogP contribution is 2.22. The highest BCUT2D eigenvalue weighted by atomic mass is 79.9. The van der Waals surface area contributed by atoms with Crippen LogP contribution >= 0.6 is 15.9 Å². The summed E-state index contributed by atoms with van der Waals surface area (Å²) in [6.45, 7) is 2.50. The zero-order chi connectivity index (χ0) is 18.8. The van der Waals surface area contributed by atoms with E-state index in [-0.39, 0.29) is 13.2 Å². The predicted molar refractivity (Wildman–Crippen MR) is 86.9 cm³/mol. The fraction of sp³-hybridized carbons (Fsp3) is 0.714. The molecule has 25 heavy (non-hydrogen) atoms. The second-order valence-electron chi connectivity index (χ2n) is 4.98. The number of aliphatic hydroxyl groups is 3. The van der Waals surface area contributed by atoms with Gasteiger partial charge in [-0.1, -0.05) is 28.6 Å². The molecule has 1 aliphatic heterocycles. The molecule has 0 radical (unpaired) electrons. The molecule has 4 N–H and O–H groups in total. The molecule has 0 saturated carbocycles. The smallest absolute Gasteiger partial charge is 0.408 e. The van der Waals surface area contributed by atoms with Crippen molar-refractivity contribution in [3.8, 4) is 0 Å². The number of hydrogen-bond acceptors (Lipinski definition) is 9. The lowest BCUT2D eigenvalue weighted by atomic mass is 10.1. The van der Waals surface area contributed by atoms with Gasteiger partial charge >= 0.3 is 12.1 Å². The van der Waals surface area contributed by atoms with E-state index >= 15 is 0 Å². The van der Waals surface area contributed by atoms with Crippen molar-refractivity contribution in [1.29, 1.82) is 0 Å². The summed E-state index contributed by atoms with van der Waals surface area (Å²) >= 11 is 3.10. The summed E-state index contributed by atoms with van der Waals surface area (Å²) in [4.78, 5) is 23.6. The van der Waals surface area contributed by atoms with Gasteiger partial charge in [-0.25, -0.2) is 9.59 Å². The Kier molecular flexibility index (Phi) is 9.93. The van der Waals surface area contributed by atoms with Gasteiger partial charge in [0.2, 0.25) is 0 Å². The van der Waals surface area contributed by atoms with Crippen LogP contribution in [-0.2, 0) is 23.7 Å². The minimum Gasteiger partial charge on any atom is -0.463 e. The Bertz CT molecular complexity index is 450. The van der Waals surface area contributed by atoms with Crippen molar-refractivity contribution in [2.24, 2.45) is 0 Å². The molecular formula is C14H22BrNO9. The monoisotopic (exact) mass is 427 g/mol. The quantitative estimate of drug-likeness (QED) is 0.189. The molecule has 0 bridgehead atoms. The molecule has 11 heteroatoms. The molecule has 144 valence electrons. The van der Waals surface area contributed by atoms with Gasteiger partial charge in [-0.2, -0.15) is 0 Å². The van der Waals surface area contributed by atoms with Crippen molar-refractivity contribution in [1.82, 2.24) is 5.32 Å². The van der Waals surface area contributed by atoms with Gasteiger partial charge in [-0.15, -0.1) is 0 Å². The van der Waals surface area contributed by atoms with E-state index in [1.165, 1.54) is 6.08 Å². The lowest BCUT2D eigenvalue weighted by Crippen LogP contribution is -2.47. The Hall–Kier alpha value is -1.24. The van der Waals surface area contributed by atoms with E-state index in [0.29, 0.717) is 5.33 Å². The number of halogens is 1. The number of alkyl halides is 1. The zero-order valence-electron chi connectivity index (χ0n) is 13.4. The summed E-state index contributed by atoms with van der Waals surface area (Å²) < 4.78 is 20.0. The highest BCUT2D eigenvalue weighted by molar-refractivity contribution is 9.09. The Balaban J connectivity index is 2.61. The van der Waals surface area contributed by atoms with Crippen LogP contribution in [-0.4, -0.2) is 89.8 Å². The van der Waals surface area contributed by atoms with Gasteiger partial charge in [-0.05, 0) is 0 Å². The van der Waals surface area contributed by atoms with Gasteiger partial charge in [-0.3, -0.25) is 0 Å². The van der Waals surface area contributed by atoms with E-state index in [1.54, 1.807) is 0 Å². The van der Waals surface area contributed by atoms with Crippen LogP contribution in [0.25, 0.3) is 0 Å². The molecule has 1 aliphatic rings. The number of nitrogens with one attached hydrogen (secondary N) is 1. The first-order valence-corrected chi connectivity index (χ1v) is 8.57. The molecule has 0 aromatic heterocycles. The molecule has 1 rings (SSSR count). The maximum Gasteiger partial charge on any atom is 0.408 e. The Morgan fingerprint density at radius 3 is 2.60 bits per heavy atom. The number of rotatable bonds is 10. The van der Waals surface area contributed by atoms with Crippen LogP contribution in [0.4, 0.5) is 4.79 Å². The van der Waals surface area contributed by atoms with Crippen molar-refractivity contribution in [3.63, 3.8) is 0 Å². The second kappa shape index (κ2) is 11.4. The summed E-state index contributed by atoms with van der Waals surface area (Å²) in [7, 11) is 0. The average molecular weight is 428 g/mol. The summed E-state index contributed by atoms with van der Waals surface area (Å²) in [5, 5.41) is 31.1. The average Bonchev–Trinajstić information content (AvgIpc) is 2.88. The Labute approximate surface area is 152 Å². The largest absolute Gasteiger partial charge is 0.463 e. The third-order valence-electron chi connectivity index (χ3n) is 3.16. The lowest BCUT2D eigenvalue weighted by Gasteiger charge is -2.21. The van der Waals surface area contributed by atoms with Gasteiger partial charge in [0.05, 0.1) is 13.2 Å². The van der Waals surface area contributed by atoms with E-state index in [0.717, 1.165) is 0 Å². The third-order valence-corrected chi connectivity index (χ3v) is 3.48. The standard InChI is InChI=1S/C14H22BrNO9/c1-2-4-23-14(21)16-8(12(20)22-5-3-15)7-24-13-11(19)10(18)9(6-17)25-13/h2,8-11,13,17-19H,1,3-7H2,(H,16,21)/t8-,9-,10-,11+,13+/m0/s1. The predicted octanol–water partition coefficient (Wildman–Crippen LogP) is -1.34. The number of aliphatic hydroxyl groups excluding tert-OH is 3. The molecule has 0 aromatic rings. The van der Waals surface area contributed by atoms with E-state index in [9.17, 15) is 19.8 Å². The van der Waals surface area contributed by atoms with Crippen LogP contribution in [0.5, 0.6) is 0 Å². The maximum atomic E-state index is 12.0. The number of hydrogen-bond donors (Lipinski definition) is 4. The van der Waals surface area contributed by atoms with Gasteiger partial charge in [0.25, 0.3) is 0 Å². The fourth-order valence-electron chi connectivity index (χ4n) is 1.92. The number of amides is 1. The third kappa shape index (κ3) is 6.88. The topological polar surface area (TPSA) is 144 Å². The summed E-state index contributed by atoms with van der Waals surface area (Å²) in [5.41, 5.74) is 0. The fourth-order valence-corrected chi connectivity index (χ4v) is 2.08. The van der Waals surface area contributed by atoms with Gasteiger partial charge in [0, 0.05) is 5.33 Å². The molecule has 1 amide bonds. The zero-order valence-corrected chi connectivity index (χ0v) is 15.0. The second-order valence-corrected chi connectivity index (χ2v) is 5.77. The molecular weight excluding hydrogens is 406 g/mol. The van der Waals surface area contributed by atoms with Gasteiger partial charge in [0.1, 0.15) is 31.5 Å². The van der Waals surface area contributed by atoms with Crippen LogP contribution in [0.2, 0.25) is 0 Å². The van der Waals surface area contributed by atoms with E-state index in [2.05, 4.69) is 27.8 Å². The van der Waals surface area contributed by atoms with E-state index < -0.39 is 55.9 Å². The van der Waals surface area contributed by atoms with Crippen molar-refractivity contribution < 1.29 is 43.9 Å². The van der Waals surface area contributed by atoms with Crippen LogP contribution in [0.1, 0.15) is 0 Å². The Morgan fingerprint density at radius 2 is 2.04 bits per heavy atom.